The third kappa shape index (κ3) is 4.21. The van der Waals surface area contributed by atoms with E-state index in [1.165, 1.54) is 14.0 Å². The van der Waals surface area contributed by atoms with Crippen LogP contribution in [-0.4, -0.2) is 48.9 Å². The van der Waals surface area contributed by atoms with E-state index in [0.717, 1.165) is 12.8 Å². The second-order valence-corrected chi connectivity index (χ2v) is 5.56. The van der Waals surface area contributed by atoms with Crippen LogP contribution < -0.4 is 5.32 Å². The third-order valence-electron chi connectivity index (χ3n) is 3.66. The van der Waals surface area contributed by atoms with Crippen molar-refractivity contribution >= 4 is 17.8 Å². The first-order valence-electron chi connectivity index (χ1n) is 7.00. The van der Waals surface area contributed by atoms with E-state index >= 15 is 0 Å². The van der Waals surface area contributed by atoms with Crippen LogP contribution in [0.3, 0.4) is 0 Å². The van der Waals surface area contributed by atoms with Crippen molar-refractivity contribution < 1.29 is 19.1 Å². The number of ether oxygens (including phenoxy) is 1. The Bertz CT molecular complexity index is 381. The van der Waals surface area contributed by atoms with E-state index in [4.69, 9.17) is 4.74 Å². The molecule has 6 heteroatoms. The van der Waals surface area contributed by atoms with Crippen LogP contribution in [0.1, 0.15) is 33.6 Å². The minimum absolute atomic E-state index is 0.0177. The minimum Gasteiger partial charge on any atom is -0.467 e. The number of hydrogen-bond donors (Lipinski definition) is 1. The largest absolute Gasteiger partial charge is 0.467 e. The average Bonchev–Trinajstić information content (AvgIpc) is 2.43. The molecule has 1 rings (SSSR count). The van der Waals surface area contributed by atoms with Gasteiger partial charge in [0.2, 0.25) is 11.8 Å². The Morgan fingerprint density at radius 2 is 1.95 bits per heavy atom. The van der Waals surface area contributed by atoms with Crippen molar-refractivity contribution in [2.45, 2.75) is 39.7 Å². The molecule has 1 N–H and O–H groups in total. The third-order valence-corrected chi connectivity index (χ3v) is 3.66. The molecule has 1 aliphatic rings. The number of carbonyl (C=O) groups is 3. The number of nitrogens with zero attached hydrogens (tertiary/aromatic N) is 1. The first kappa shape index (κ1) is 16.5. The fourth-order valence-electron chi connectivity index (χ4n) is 2.37. The van der Waals surface area contributed by atoms with Crippen LogP contribution >= 0.6 is 0 Å². The van der Waals surface area contributed by atoms with Crippen LogP contribution in [0.4, 0.5) is 0 Å². The normalized spacial score (nSPS) is 20.4. The highest BCUT2D eigenvalue weighted by atomic mass is 16.5. The summed E-state index contributed by atoms with van der Waals surface area (Å²) in [6, 6.07) is -0.639. The van der Waals surface area contributed by atoms with Crippen LogP contribution in [-0.2, 0) is 19.1 Å². The van der Waals surface area contributed by atoms with Crippen molar-refractivity contribution in [1.29, 1.82) is 0 Å². The van der Waals surface area contributed by atoms with Gasteiger partial charge in [0.15, 0.2) is 0 Å². The van der Waals surface area contributed by atoms with Crippen molar-refractivity contribution in [2.24, 2.45) is 11.8 Å². The van der Waals surface area contributed by atoms with E-state index in [1.54, 1.807) is 4.90 Å². The molecule has 1 heterocycles. The number of amides is 2. The van der Waals surface area contributed by atoms with Gasteiger partial charge in [-0.05, 0) is 18.8 Å². The molecule has 1 aliphatic heterocycles. The molecule has 0 aromatic carbocycles. The zero-order valence-corrected chi connectivity index (χ0v) is 12.6. The van der Waals surface area contributed by atoms with Crippen molar-refractivity contribution in [3.63, 3.8) is 0 Å². The monoisotopic (exact) mass is 284 g/mol. The Labute approximate surface area is 119 Å². The summed E-state index contributed by atoms with van der Waals surface area (Å²) in [5, 5.41) is 2.74. The molecule has 0 aliphatic carbocycles. The van der Waals surface area contributed by atoms with Crippen molar-refractivity contribution in [2.75, 3.05) is 20.2 Å². The fourth-order valence-corrected chi connectivity index (χ4v) is 2.37. The number of hydrogen-bond acceptors (Lipinski definition) is 4. The summed E-state index contributed by atoms with van der Waals surface area (Å²) < 4.78 is 4.70. The Kier molecular flexibility index (Phi) is 5.98. The minimum atomic E-state index is -0.639. The average molecular weight is 284 g/mol. The maximum atomic E-state index is 12.2. The van der Waals surface area contributed by atoms with E-state index < -0.39 is 12.0 Å². The van der Waals surface area contributed by atoms with Gasteiger partial charge in [0.1, 0.15) is 6.04 Å². The lowest BCUT2D eigenvalue weighted by Gasteiger charge is -2.32. The summed E-state index contributed by atoms with van der Waals surface area (Å²) in [7, 11) is 1.31. The van der Waals surface area contributed by atoms with Crippen LogP contribution in [0.25, 0.3) is 0 Å². The summed E-state index contributed by atoms with van der Waals surface area (Å²) in [6.45, 7) is 6.33. The van der Waals surface area contributed by atoms with Gasteiger partial charge in [-0.25, -0.2) is 4.79 Å². The van der Waals surface area contributed by atoms with Gasteiger partial charge in [0, 0.05) is 20.0 Å². The Morgan fingerprint density at radius 3 is 2.45 bits per heavy atom. The van der Waals surface area contributed by atoms with Gasteiger partial charge in [-0.3, -0.25) is 9.59 Å². The number of likely N-dealkylation sites (tertiary alicyclic amines) is 1. The van der Waals surface area contributed by atoms with E-state index in [9.17, 15) is 14.4 Å². The van der Waals surface area contributed by atoms with Gasteiger partial charge < -0.3 is 15.0 Å². The summed E-state index contributed by atoms with van der Waals surface area (Å²) in [5.41, 5.74) is 0. The standard InChI is InChI=1S/C14H24N2O4/c1-9(2)12(14(19)20-4)15-13(18)11-6-5-7-16(8-11)10(3)17/h9,11-12H,5-8H2,1-4H3,(H,15,18). The molecular formula is C14H24N2O4. The number of carbonyl (C=O) groups excluding carboxylic acids is 3. The highest BCUT2D eigenvalue weighted by Gasteiger charge is 2.31. The number of methoxy groups -OCH3 is 1. The molecule has 20 heavy (non-hydrogen) atoms. The first-order valence-corrected chi connectivity index (χ1v) is 7.00. The van der Waals surface area contributed by atoms with E-state index in [-0.39, 0.29) is 23.7 Å². The lowest BCUT2D eigenvalue weighted by atomic mass is 9.95. The van der Waals surface area contributed by atoms with Crippen molar-refractivity contribution in [3.8, 4) is 0 Å². The SMILES string of the molecule is COC(=O)C(NC(=O)C1CCCN(C(C)=O)C1)C(C)C. The summed E-state index contributed by atoms with van der Waals surface area (Å²) in [6.07, 6.45) is 1.55. The maximum Gasteiger partial charge on any atom is 0.328 e. The smallest absolute Gasteiger partial charge is 0.328 e. The molecule has 0 bridgehead atoms. The predicted molar refractivity (Wildman–Crippen MR) is 73.8 cm³/mol. The molecule has 0 aromatic heterocycles. The van der Waals surface area contributed by atoms with E-state index in [2.05, 4.69) is 5.32 Å². The van der Waals surface area contributed by atoms with Gasteiger partial charge in [-0.2, -0.15) is 0 Å². The van der Waals surface area contributed by atoms with Gasteiger partial charge in [-0.15, -0.1) is 0 Å². The van der Waals surface area contributed by atoms with Crippen LogP contribution in [0.5, 0.6) is 0 Å². The van der Waals surface area contributed by atoms with E-state index in [0.29, 0.717) is 13.1 Å². The number of esters is 1. The fraction of sp³-hybridized carbons (Fsp3) is 0.786. The molecule has 1 fully saturated rings. The Morgan fingerprint density at radius 1 is 1.30 bits per heavy atom. The van der Waals surface area contributed by atoms with Gasteiger partial charge in [0.25, 0.3) is 0 Å². The predicted octanol–water partition coefficient (Wildman–Crippen LogP) is 0.559. The topological polar surface area (TPSA) is 75.7 Å². The zero-order chi connectivity index (χ0) is 15.3. The molecule has 0 aromatic rings. The molecule has 114 valence electrons. The second-order valence-electron chi connectivity index (χ2n) is 5.56. The molecular weight excluding hydrogens is 260 g/mol. The van der Waals surface area contributed by atoms with Crippen LogP contribution in [0, 0.1) is 11.8 Å². The second kappa shape index (κ2) is 7.26. The lowest BCUT2D eigenvalue weighted by Crippen LogP contribution is -2.51. The van der Waals surface area contributed by atoms with Gasteiger partial charge in [-0.1, -0.05) is 13.8 Å². The molecule has 2 unspecified atom stereocenters. The maximum absolute atomic E-state index is 12.2. The van der Waals surface area contributed by atoms with Crippen LogP contribution in [0.15, 0.2) is 0 Å². The molecule has 2 atom stereocenters. The first-order chi connectivity index (χ1) is 9.36. The number of nitrogens with one attached hydrogen (secondary N) is 1. The summed E-state index contributed by atoms with van der Waals surface area (Å²) >= 11 is 0. The summed E-state index contributed by atoms with van der Waals surface area (Å²) in [5.74, 6) is -0.930. The molecule has 2 amide bonds. The van der Waals surface area contributed by atoms with Gasteiger partial charge in [0.05, 0.1) is 13.0 Å². The molecule has 6 nitrogen and oxygen atoms in total. The molecule has 0 spiro atoms. The number of rotatable bonds is 4. The van der Waals surface area contributed by atoms with Crippen molar-refractivity contribution in [3.05, 3.63) is 0 Å². The van der Waals surface area contributed by atoms with Crippen LogP contribution in [0.2, 0.25) is 0 Å². The quantitative estimate of drug-likeness (QED) is 0.765. The molecule has 0 radical (unpaired) electrons. The Balaban J connectivity index is 2.64. The summed E-state index contributed by atoms with van der Waals surface area (Å²) in [4.78, 5) is 36.9. The zero-order valence-electron chi connectivity index (χ0n) is 12.6. The van der Waals surface area contributed by atoms with Gasteiger partial charge >= 0.3 is 5.97 Å². The molecule has 0 saturated carbocycles. The highest BCUT2D eigenvalue weighted by Crippen LogP contribution is 2.17. The van der Waals surface area contributed by atoms with E-state index in [1.807, 2.05) is 13.8 Å². The number of piperidine rings is 1. The highest BCUT2D eigenvalue weighted by molar-refractivity contribution is 5.86. The van der Waals surface area contributed by atoms with Crippen molar-refractivity contribution in [1.82, 2.24) is 10.2 Å². The lowest BCUT2D eigenvalue weighted by molar-refractivity contribution is -0.147. The molecule has 1 saturated heterocycles. The Hall–Kier alpha value is -1.59.